The van der Waals surface area contributed by atoms with Crippen molar-refractivity contribution >= 4 is 23.2 Å². The number of aromatic nitrogens is 5. The number of tetrazole rings is 1. The van der Waals surface area contributed by atoms with E-state index >= 15 is 0 Å². The van der Waals surface area contributed by atoms with Crippen molar-refractivity contribution in [2.75, 3.05) is 5.32 Å². The van der Waals surface area contributed by atoms with Crippen LogP contribution in [0, 0.1) is 0 Å². The van der Waals surface area contributed by atoms with E-state index in [1.807, 2.05) is 0 Å². The van der Waals surface area contributed by atoms with Gasteiger partial charge in [0.25, 0.3) is 5.91 Å². The van der Waals surface area contributed by atoms with Crippen molar-refractivity contribution in [1.29, 1.82) is 0 Å². The van der Waals surface area contributed by atoms with Crippen LogP contribution in [0.2, 0.25) is 5.15 Å². The Hall–Kier alpha value is -3.21. The van der Waals surface area contributed by atoms with Crippen LogP contribution in [0.25, 0.3) is 5.69 Å². The van der Waals surface area contributed by atoms with Crippen molar-refractivity contribution in [3.8, 4) is 5.69 Å². The molecule has 0 spiro atoms. The van der Waals surface area contributed by atoms with Crippen LogP contribution in [-0.4, -0.2) is 31.1 Å². The van der Waals surface area contributed by atoms with Crippen LogP contribution in [0.15, 0.2) is 41.2 Å². The Labute approximate surface area is 147 Å². The molecule has 0 atom stereocenters. The molecule has 134 valence electrons. The van der Waals surface area contributed by atoms with Crippen LogP contribution in [-0.2, 0) is 6.18 Å². The number of benzene rings is 1. The lowest BCUT2D eigenvalue weighted by atomic mass is 10.2. The molecule has 26 heavy (non-hydrogen) atoms. The van der Waals surface area contributed by atoms with Crippen molar-refractivity contribution in [2.24, 2.45) is 0 Å². The first-order chi connectivity index (χ1) is 12.2. The number of amides is 1. The van der Waals surface area contributed by atoms with Gasteiger partial charge in [-0.25, -0.2) is 14.9 Å². The first-order valence-corrected chi connectivity index (χ1v) is 7.29. The lowest BCUT2D eigenvalue weighted by Gasteiger charge is -2.10. The molecule has 8 nitrogen and oxygen atoms in total. The fourth-order valence-electron chi connectivity index (χ4n) is 2.02. The third-order valence-corrected chi connectivity index (χ3v) is 3.39. The summed E-state index contributed by atoms with van der Waals surface area (Å²) in [5.41, 5.74) is -1.47. The molecule has 0 bridgehead atoms. The highest BCUT2D eigenvalue weighted by Gasteiger charge is 2.32. The molecule has 2 aromatic heterocycles. The lowest BCUT2D eigenvalue weighted by Crippen LogP contribution is -2.17. The van der Waals surface area contributed by atoms with Crippen molar-refractivity contribution in [3.63, 3.8) is 0 Å². The predicted octanol–water partition coefficient (Wildman–Crippen LogP) is 2.28. The topological polar surface area (TPSA) is 106 Å². The van der Waals surface area contributed by atoms with Crippen LogP contribution in [0.3, 0.4) is 0 Å². The molecule has 3 aromatic rings. The van der Waals surface area contributed by atoms with E-state index in [0.29, 0.717) is 17.8 Å². The summed E-state index contributed by atoms with van der Waals surface area (Å²) in [6.07, 6.45) is -4.66. The van der Waals surface area contributed by atoms with Gasteiger partial charge in [0.1, 0.15) is 10.8 Å². The summed E-state index contributed by atoms with van der Waals surface area (Å²) in [6.45, 7) is 0. The summed E-state index contributed by atoms with van der Waals surface area (Å²) in [7, 11) is 0. The molecule has 2 N–H and O–H groups in total. The molecular weight excluding hydrogens is 377 g/mol. The number of pyridine rings is 1. The molecule has 0 saturated heterocycles. The smallest absolute Gasteiger partial charge is 0.321 e. The molecule has 3 rings (SSSR count). The zero-order valence-corrected chi connectivity index (χ0v) is 13.3. The number of nitrogens with one attached hydrogen (secondary N) is 2. The predicted molar refractivity (Wildman–Crippen MR) is 84.2 cm³/mol. The maximum atomic E-state index is 12.8. The molecule has 0 saturated carbocycles. The number of rotatable bonds is 3. The first-order valence-electron chi connectivity index (χ1n) is 6.91. The summed E-state index contributed by atoms with van der Waals surface area (Å²) in [4.78, 5) is 27.1. The average Bonchev–Trinajstić information content (AvgIpc) is 3.00. The van der Waals surface area contributed by atoms with Gasteiger partial charge >= 0.3 is 11.9 Å². The Morgan fingerprint density at radius 3 is 2.46 bits per heavy atom. The molecule has 0 fully saturated rings. The molecule has 1 amide bonds. The fourth-order valence-corrected chi connectivity index (χ4v) is 2.23. The van der Waals surface area contributed by atoms with Gasteiger partial charge in [-0.1, -0.05) is 11.6 Å². The standard InChI is InChI=1S/C14H8ClF3N6O2/c15-11-6-7(14(16,17)18)5-10(20-11)12(25)19-8-1-3-9(4-2-8)24-13(26)21-22-23-24/h1-6H,(H,19,25)(H,21,23,26). The van der Waals surface area contributed by atoms with Crippen molar-refractivity contribution in [3.05, 3.63) is 63.3 Å². The Morgan fingerprint density at radius 2 is 1.88 bits per heavy atom. The van der Waals surface area contributed by atoms with E-state index in [4.69, 9.17) is 11.6 Å². The highest BCUT2D eigenvalue weighted by molar-refractivity contribution is 6.29. The molecule has 12 heteroatoms. The number of H-pyrrole nitrogens is 1. The SMILES string of the molecule is O=C(Nc1ccc(-n2nn[nH]c2=O)cc1)c1cc(C(F)(F)F)cc(Cl)n1. The fraction of sp³-hybridized carbons (Fsp3) is 0.0714. The van der Waals surface area contributed by atoms with E-state index in [9.17, 15) is 22.8 Å². The monoisotopic (exact) mass is 384 g/mol. The van der Waals surface area contributed by atoms with Crippen molar-refractivity contribution < 1.29 is 18.0 Å². The van der Waals surface area contributed by atoms with E-state index in [1.165, 1.54) is 24.3 Å². The number of hydrogen-bond donors (Lipinski definition) is 2. The number of carbonyl (C=O) groups excluding carboxylic acids is 1. The van der Waals surface area contributed by atoms with Crippen LogP contribution in [0.1, 0.15) is 16.1 Å². The Morgan fingerprint density at radius 1 is 1.19 bits per heavy atom. The number of aromatic amines is 1. The Balaban J connectivity index is 1.81. The normalized spacial score (nSPS) is 11.4. The zero-order valence-electron chi connectivity index (χ0n) is 12.6. The van der Waals surface area contributed by atoms with Crippen LogP contribution in [0.4, 0.5) is 18.9 Å². The number of alkyl halides is 3. The summed E-state index contributed by atoms with van der Waals surface area (Å²) in [5.74, 6) is -0.871. The molecule has 0 unspecified atom stereocenters. The van der Waals surface area contributed by atoms with Gasteiger partial charge in [-0.05, 0) is 46.8 Å². The van der Waals surface area contributed by atoms with Crippen molar-refractivity contribution in [1.82, 2.24) is 25.2 Å². The van der Waals surface area contributed by atoms with Gasteiger partial charge in [-0.15, -0.1) is 0 Å². The lowest BCUT2D eigenvalue weighted by molar-refractivity contribution is -0.137. The molecule has 0 aliphatic heterocycles. The molecule has 0 aliphatic rings. The average molecular weight is 385 g/mol. The van der Waals surface area contributed by atoms with Crippen LogP contribution in [0.5, 0.6) is 0 Å². The van der Waals surface area contributed by atoms with Gasteiger partial charge < -0.3 is 5.32 Å². The number of nitrogens with zero attached hydrogens (tertiary/aromatic N) is 4. The Kier molecular flexibility index (Phi) is 4.47. The summed E-state index contributed by atoms with van der Waals surface area (Å²) in [5, 5.41) is 10.9. The van der Waals surface area contributed by atoms with Crippen LogP contribution < -0.4 is 11.0 Å². The molecular formula is C14H8ClF3N6O2. The minimum Gasteiger partial charge on any atom is -0.321 e. The van der Waals surface area contributed by atoms with E-state index in [1.54, 1.807) is 0 Å². The third kappa shape index (κ3) is 3.72. The second kappa shape index (κ2) is 6.59. The van der Waals surface area contributed by atoms with E-state index < -0.39 is 34.2 Å². The number of carbonyl (C=O) groups is 1. The van der Waals surface area contributed by atoms with Gasteiger partial charge in [0.2, 0.25) is 0 Å². The van der Waals surface area contributed by atoms with Crippen molar-refractivity contribution in [2.45, 2.75) is 6.18 Å². The quantitative estimate of drug-likeness (QED) is 0.674. The van der Waals surface area contributed by atoms with E-state index in [2.05, 4.69) is 25.8 Å². The minimum atomic E-state index is -4.66. The Bertz CT molecular complexity index is 1010. The summed E-state index contributed by atoms with van der Waals surface area (Å²) >= 11 is 5.56. The molecule has 2 heterocycles. The largest absolute Gasteiger partial charge is 0.416 e. The number of hydrogen-bond acceptors (Lipinski definition) is 5. The third-order valence-electron chi connectivity index (χ3n) is 3.20. The summed E-state index contributed by atoms with van der Waals surface area (Å²) in [6, 6.07) is 7.03. The summed E-state index contributed by atoms with van der Waals surface area (Å²) < 4.78 is 39.4. The van der Waals surface area contributed by atoms with Gasteiger partial charge in [0.15, 0.2) is 0 Å². The maximum absolute atomic E-state index is 12.8. The first kappa shape index (κ1) is 17.6. The van der Waals surface area contributed by atoms with E-state index in [0.717, 1.165) is 4.68 Å². The van der Waals surface area contributed by atoms with Crippen LogP contribution >= 0.6 is 11.6 Å². The van der Waals surface area contributed by atoms with Gasteiger partial charge in [-0.3, -0.25) is 4.79 Å². The second-order valence-electron chi connectivity index (χ2n) is 4.98. The number of anilines is 1. The molecule has 0 aliphatic carbocycles. The molecule has 1 aromatic carbocycles. The van der Waals surface area contributed by atoms with E-state index in [-0.39, 0.29) is 5.69 Å². The maximum Gasteiger partial charge on any atom is 0.416 e. The zero-order chi connectivity index (χ0) is 18.9. The second-order valence-corrected chi connectivity index (χ2v) is 5.37. The van der Waals surface area contributed by atoms with Gasteiger partial charge in [0, 0.05) is 5.69 Å². The number of halogens is 4. The minimum absolute atomic E-state index is 0.269. The highest BCUT2D eigenvalue weighted by Crippen LogP contribution is 2.31. The highest BCUT2D eigenvalue weighted by atomic mass is 35.5. The molecule has 0 radical (unpaired) electrons. The van der Waals surface area contributed by atoms with Gasteiger partial charge in [0.05, 0.1) is 11.3 Å². The van der Waals surface area contributed by atoms with Gasteiger partial charge in [-0.2, -0.15) is 17.9 Å².